The summed E-state index contributed by atoms with van der Waals surface area (Å²) in [4.78, 5) is 13.6. The average molecular weight is 307 g/mol. The third-order valence-electron chi connectivity index (χ3n) is 2.77. The van der Waals surface area contributed by atoms with Crippen LogP contribution in [-0.2, 0) is 22.8 Å². The van der Waals surface area contributed by atoms with Crippen molar-refractivity contribution in [1.82, 2.24) is 4.90 Å². The molecule has 0 saturated carbocycles. The van der Waals surface area contributed by atoms with Gasteiger partial charge in [-0.05, 0) is 40.8 Å². The van der Waals surface area contributed by atoms with Crippen LogP contribution in [0.15, 0.2) is 0 Å². The number of carbonyl (C=O) groups excluding carboxylic acids is 1. The zero-order valence-corrected chi connectivity index (χ0v) is 14.8. The summed E-state index contributed by atoms with van der Waals surface area (Å²) in [5.41, 5.74) is -0.442. The van der Waals surface area contributed by atoms with E-state index in [0.29, 0.717) is 0 Å². The van der Waals surface area contributed by atoms with E-state index < -0.39 is 14.4 Å². The monoisotopic (exact) mass is 307 g/mol. The Hall–Kier alpha value is -0.473. The van der Waals surface area contributed by atoms with Crippen LogP contribution in [0.2, 0.25) is 6.04 Å². The Kier molecular flexibility index (Phi) is 8.53. The Morgan fingerprint density at radius 1 is 1.10 bits per heavy atom. The maximum absolute atomic E-state index is 11.7. The van der Waals surface area contributed by atoms with Gasteiger partial charge in [0, 0.05) is 27.4 Å². The highest BCUT2D eigenvalue weighted by molar-refractivity contribution is 6.60. The molecule has 0 atom stereocenters. The van der Waals surface area contributed by atoms with Crippen molar-refractivity contribution < 1.29 is 22.8 Å². The van der Waals surface area contributed by atoms with Crippen LogP contribution in [0.25, 0.3) is 0 Å². The molecule has 0 N–H and O–H groups in total. The summed E-state index contributed by atoms with van der Waals surface area (Å²) in [6.45, 7) is 6.62. The molecule has 0 aliphatic rings. The molecule has 0 aromatic carbocycles. The minimum Gasteiger partial charge on any atom is -0.459 e. The van der Waals surface area contributed by atoms with Gasteiger partial charge in [-0.25, -0.2) is 0 Å². The largest absolute Gasteiger partial charge is 0.500 e. The van der Waals surface area contributed by atoms with Crippen molar-refractivity contribution >= 4 is 14.8 Å². The molecule has 120 valence electrons. The smallest absolute Gasteiger partial charge is 0.459 e. The molecule has 20 heavy (non-hydrogen) atoms. The van der Waals surface area contributed by atoms with E-state index in [1.54, 1.807) is 21.3 Å². The van der Waals surface area contributed by atoms with Crippen LogP contribution >= 0.6 is 0 Å². The number of hydrogen-bond donors (Lipinski definition) is 0. The van der Waals surface area contributed by atoms with Gasteiger partial charge in [-0.2, -0.15) is 0 Å². The first kappa shape index (κ1) is 19.5. The summed E-state index contributed by atoms with van der Waals surface area (Å²) in [6, 6.07) is 0.717. The number of rotatable bonds is 9. The first-order valence-electron chi connectivity index (χ1n) is 6.74. The van der Waals surface area contributed by atoms with Gasteiger partial charge in [0.1, 0.15) is 5.60 Å². The van der Waals surface area contributed by atoms with Gasteiger partial charge in [-0.3, -0.25) is 9.69 Å². The average Bonchev–Trinajstić information content (AvgIpc) is 2.32. The zero-order valence-electron chi connectivity index (χ0n) is 13.8. The van der Waals surface area contributed by atoms with Gasteiger partial charge < -0.3 is 18.0 Å². The molecule has 0 amide bonds. The molecule has 0 heterocycles. The Morgan fingerprint density at radius 3 is 2.00 bits per heavy atom. The van der Waals surface area contributed by atoms with Crippen molar-refractivity contribution in [3.05, 3.63) is 0 Å². The highest BCUT2D eigenvalue weighted by Gasteiger charge is 2.36. The fourth-order valence-corrected chi connectivity index (χ4v) is 3.50. The lowest BCUT2D eigenvalue weighted by Gasteiger charge is -2.26. The third-order valence-corrected chi connectivity index (χ3v) is 5.61. The van der Waals surface area contributed by atoms with Crippen molar-refractivity contribution in [1.29, 1.82) is 0 Å². The van der Waals surface area contributed by atoms with Gasteiger partial charge in [-0.15, -0.1) is 0 Å². The van der Waals surface area contributed by atoms with Gasteiger partial charge in [-0.1, -0.05) is 0 Å². The minimum atomic E-state index is -2.51. The van der Waals surface area contributed by atoms with Crippen molar-refractivity contribution in [3.8, 4) is 0 Å². The molecule has 0 aliphatic carbocycles. The molecule has 0 rings (SSSR count). The molecule has 0 aliphatic heterocycles. The van der Waals surface area contributed by atoms with E-state index in [-0.39, 0.29) is 12.5 Å². The van der Waals surface area contributed by atoms with Crippen molar-refractivity contribution in [2.24, 2.45) is 0 Å². The molecular weight excluding hydrogens is 278 g/mol. The van der Waals surface area contributed by atoms with E-state index in [0.717, 1.165) is 19.0 Å². The molecule has 6 nitrogen and oxygen atoms in total. The summed E-state index contributed by atoms with van der Waals surface area (Å²) in [6.07, 6.45) is 0.834. The number of nitrogens with zero attached hydrogens (tertiary/aromatic N) is 1. The standard InChI is InChI=1S/C13H29NO5Si/c1-13(2,3)19-12(15)11-14(4)9-8-10-20(16-5,17-6)18-7/h8-11H2,1-7H3. The van der Waals surface area contributed by atoms with E-state index in [1.807, 2.05) is 32.7 Å². The van der Waals surface area contributed by atoms with Gasteiger partial charge in [0.05, 0.1) is 6.54 Å². The Labute approximate surface area is 123 Å². The number of carbonyl (C=O) groups is 1. The lowest BCUT2D eigenvalue weighted by molar-refractivity contribution is -0.155. The topological polar surface area (TPSA) is 57.2 Å². The number of esters is 1. The molecule has 0 spiro atoms. The van der Waals surface area contributed by atoms with Gasteiger partial charge >= 0.3 is 14.8 Å². The molecule has 7 heteroatoms. The van der Waals surface area contributed by atoms with E-state index in [2.05, 4.69) is 0 Å². The second-order valence-corrected chi connectivity index (χ2v) is 8.81. The number of hydrogen-bond acceptors (Lipinski definition) is 6. The maximum Gasteiger partial charge on any atom is 0.500 e. The Bertz CT molecular complexity index is 281. The molecule has 0 saturated heterocycles. The van der Waals surface area contributed by atoms with Gasteiger partial charge in [0.25, 0.3) is 0 Å². The second-order valence-electron chi connectivity index (χ2n) is 5.72. The van der Waals surface area contributed by atoms with E-state index in [4.69, 9.17) is 18.0 Å². The van der Waals surface area contributed by atoms with Gasteiger partial charge in [0.2, 0.25) is 0 Å². The molecule has 0 bridgehead atoms. The molecular formula is C13H29NO5Si. The molecule has 0 aromatic heterocycles. The third kappa shape index (κ3) is 7.96. The van der Waals surface area contributed by atoms with Crippen LogP contribution in [0.5, 0.6) is 0 Å². The van der Waals surface area contributed by atoms with Gasteiger partial charge in [0.15, 0.2) is 0 Å². The molecule has 0 unspecified atom stereocenters. The molecule has 0 aromatic rings. The SMILES string of the molecule is CO[Si](CCCN(C)CC(=O)OC(C)(C)C)(OC)OC. The highest BCUT2D eigenvalue weighted by Crippen LogP contribution is 2.15. The summed E-state index contributed by atoms with van der Waals surface area (Å²) in [7, 11) is 4.19. The first-order valence-corrected chi connectivity index (χ1v) is 8.67. The summed E-state index contributed by atoms with van der Waals surface area (Å²) in [5, 5.41) is 0. The van der Waals surface area contributed by atoms with Crippen molar-refractivity contribution in [2.75, 3.05) is 41.5 Å². The Balaban J connectivity index is 4.05. The van der Waals surface area contributed by atoms with Crippen LogP contribution in [0.3, 0.4) is 0 Å². The van der Waals surface area contributed by atoms with E-state index >= 15 is 0 Å². The predicted molar refractivity (Wildman–Crippen MR) is 79.5 cm³/mol. The lowest BCUT2D eigenvalue weighted by atomic mass is 10.2. The fourth-order valence-electron chi connectivity index (χ4n) is 1.79. The van der Waals surface area contributed by atoms with Crippen molar-refractivity contribution in [2.45, 2.75) is 38.8 Å². The number of ether oxygens (including phenoxy) is 1. The Morgan fingerprint density at radius 2 is 1.60 bits per heavy atom. The predicted octanol–water partition coefficient (Wildman–Crippen LogP) is 1.53. The van der Waals surface area contributed by atoms with Crippen LogP contribution < -0.4 is 0 Å². The molecule has 0 fully saturated rings. The number of likely N-dealkylation sites (N-methyl/N-ethyl adjacent to an activating group) is 1. The summed E-state index contributed by atoms with van der Waals surface area (Å²) >= 11 is 0. The first-order chi connectivity index (χ1) is 9.18. The van der Waals surface area contributed by atoms with Crippen molar-refractivity contribution in [3.63, 3.8) is 0 Å². The quantitative estimate of drug-likeness (QED) is 0.475. The summed E-state index contributed by atoms with van der Waals surface area (Å²) in [5.74, 6) is -0.214. The summed E-state index contributed by atoms with van der Waals surface area (Å²) < 4.78 is 21.3. The van der Waals surface area contributed by atoms with Crippen LogP contribution in [-0.4, -0.2) is 66.7 Å². The van der Waals surface area contributed by atoms with Crippen LogP contribution in [0.4, 0.5) is 0 Å². The molecule has 0 radical (unpaired) electrons. The van der Waals surface area contributed by atoms with E-state index in [9.17, 15) is 4.79 Å². The lowest BCUT2D eigenvalue weighted by Crippen LogP contribution is -2.43. The van der Waals surface area contributed by atoms with E-state index in [1.165, 1.54) is 0 Å². The normalized spacial score (nSPS) is 12.8. The highest BCUT2D eigenvalue weighted by atomic mass is 28.4. The fraction of sp³-hybridized carbons (Fsp3) is 0.923. The minimum absolute atomic E-state index is 0.214. The van der Waals surface area contributed by atoms with Crippen LogP contribution in [0, 0.1) is 0 Å². The van der Waals surface area contributed by atoms with Crippen LogP contribution in [0.1, 0.15) is 27.2 Å². The maximum atomic E-state index is 11.7. The zero-order chi connectivity index (χ0) is 15.8. The second kappa shape index (κ2) is 8.73.